The summed E-state index contributed by atoms with van der Waals surface area (Å²) in [5.41, 5.74) is 2.23. The molecule has 1 N–H and O–H groups in total. The maximum Gasteiger partial charge on any atom is 0.313 e. The second kappa shape index (κ2) is 6.51. The first-order chi connectivity index (χ1) is 9.61. The molecule has 2 aromatic heterocycles. The van der Waals surface area contributed by atoms with Crippen molar-refractivity contribution in [2.75, 3.05) is 5.75 Å². The van der Waals surface area contributed by atoms with Gasteiger partial charge in [0.2, 0.25) is 0 Å². The standard InChI is InChI=1S/C13H16N4O2S/c1-3-11-15-16-13(20-8-12(18)19)17(11)7-10-6-14-5-4-9(10)2/h4-6H,3,7-8H2,1-2H3,(H,18,19). The number of carbonyl (C=O) groups is 1. The van der Waals surface area contributed by atoms with Crippen LogP contribution in [0.4, 0.5) is 0 Å². The summed E-state index contributed by atoms with van der Waals surface area (Å²) in [5, 5.41) is 17.6. The molecule has 2 heterocycles. The number of pyridine rings is 1. The van der Waals surface area contributed by atoms with E-state index in [0.717, 1.165) is 23.4 Å². The summed E-state index contributed by atoms with van der Waals surface area (Å²) in [6.07, 6.45) is 4.33. The Balaban J connectivity index is 2.27. The van der Waals surface area contributed by atoms with Crippen LogP contribution in [0.25, 0.3) is 0 Å². The van der Waals surface area contributed by atoms with Gasteiger partial charge in [0.05, 0.1) is 12.3 Å². The molecule has 0 amide bonds. The van der Waals surface area contributed by atoms with Crippen LogP contribution in [0.15, 0.2) is 23.6 Å². The van der Waals surface area contributed by atoms with Crippen molar-refractivity contribution in [3.05, 3.63) is 35.4 Å². The van der Waals surface area contributed by atoms with Gasteiger partial charge < -0.3 is 9.67 Å². The van der Waals surface area contributed by atoms with Gasteiger partial charge in [-0.2, -0.15) is 0 Å². The van der Waals surface area contributed by atoms with Gasteiger partial charge in [-0.1, -0.05) is 18.7 Å². The normalized spacial score (nSPS) is 10.7. The third kappa shape index (κ3) is 3.36. The van der Waals surface area contributed by atoms with Gasteiger partial charge in [-0.15, -0.1) is 10.2 Å². The predicted octanol–water partition coefficient (Wildman–Crippen LogP) is 1.77. The van der Waals surface area contributed by atoms with Crippen LogP contribution >= 0.6 is 11.8 Å². The number of hydrogen-bond acceptors (Lipinski definition) is 5. The molecule has 0 atom stereocenters. The maximum atomic E-state index is 10.7. The number of aromatic nitrogens is 4. The van der Waals surface area contributed by atoms with Crippen molar-refractivity contribution < 1.29 is 9.90 Å². The van der Waals surface area contributed by atoms with E-state index in [2.05, 4.69) is 15.2 Å². The Labute approximate surface area is 121 Å². The summed E-state index contributed by atoms with van der Waals surface area (Å²) in [6, 6.07) is 1.95. The number of thioether (sulfide) groups is 1. The summed E-state index contributed by atoms with van der Waals surface area (Å²) >= 11 is 1.19. The number of aryl methyl sites for hydroxylation is 2. The highest BCUT2D eigenvalue weighted by atomic mass is 32.2. The monoisotopic (exact) mass is 292 g/mol. The first kappa shape index (κ1) is 14.5. The average Bonchev–Trinajstić information content (AvgIpc) is 2.81. The van der Waals surface area contributed by atoms with Crippen LogP contribution in [0.3, 0.4) is 0 Å². The van der Waals surface area contributed by atoms with Crippen LogP contribution in [-0.2, 0) is 17.8 Å². The Morgan fingerprint density at radius 3 is 2.90 bits per heavy atom. The van der Waals surface area contributed by atoms with Crippen molar-refractivity contribution in [3.63, 3.8) is 0 Å². The van der Waals surface area contributed by atoms with Crippen molar-refractivity contribution >= 4 is 17.7 Å². The van der Waals surface area contributed by atoms with Gasteiger partial charge in [-0.05, 0) is 24.1 Å². The fourth-order valence-corrected chi connectivity index (χ4v) is 2.48. The molecule has 0 aliphatic carbocycles. The lowest BCUT2D eigenvalue weighted by Gasteiger charge is -2.10. The third-order valence-corrected chi connectivity index (χ3v) is 3.86. The highest BCUT2D eigenvalue weighted by molar-refractivity contribution is 7.99. The molecule has 6 nitrogen and oxygen atoms in total. The van der Waals surface area contributed by atoms with E-state index in [1.165, 1.54) is 11.8 Å². The van der Waals surface area contributed by atoms with Gasteiger partial charge in [0.15, 0.2) is 5.16 Å². The Kier molecular flexibility index (Phi) is 4.73. The highest BCUT2D eigenvalue weighted by Gasteiger charge is 2.14. The van der Waals surface area contributed by atoms with Gasteiger partial charge in [0.1, 0.15) is 5.82 Å². The minimum absolute atomic E-state index is 0.0200. The van der Waals surface area contributed by atoms with Gasteiger partial charge >= 0.3 is 5.97 Å². The minimum Gasteiger partial charge on any atom is -0.481 e. The van der Waals surface area contributed by atoms with E-state index in [0.29, 0.717) is 11.7 Å². The smallest absolute Gasteiger partial charge is 0.313 e. The largest absolute Gasteiger partial charge is 0.481 e. The Morgan fingerprint density at radius 2 is 2.25 bits per heavy atom. The number of hydrogen-bond donors (Lipinski definition) is 1. The number of aliphatic carboxylic acids is 1. The molecule has 0 saturated carbocycles. The SMILES string of the molecule is CCc1nnc(SCC(=O)O)n1Cc1cnccc1C. The fourth-order valence-electron chi connectivity index (χ4n) is 1.80. The molecule has 0 saturated heterocycles. The first-order valence-electron chi connectivity index (χ1n) is 6.28. The molecular formula is C13H16N4O2S. The van der Waals surface area contributed by atoms with Crippen molar-refractivity contribution in [1.82, 2.24) is 19.7 Å². The zero-order valence-electron chi connectivity index (χ0n) is 11.4. The zero-order chi connectivity index (χ0) is 14.5. The molecule has 0 bridgehead atoms. The third-order valence-electron chi connectivity index (χ3n) is 2.91. The van der Waals surface area contributed by atoms with E-state index in [9.17, 15) is 4.79 Å². The number of rotatable bonds is 6. The summed E-state index contributed by atoms with van der Waals surface area (Å²) in [4.78, 5) is 14.8. The van der Waals surface area contributed by atoms with Crippen LogP contribution < -0.4 is 0 Å². The highest BCUT2D eigenvalue weighted by Crippen LogP contribution is 2.19. The van der Waals surface area contributed by atoms with Crippen LogP contribution in [0.2, 0.25) is 0 Å². The Bertz CT molecular complexity index is 612. The molecule has 0 radical (unpaired) electrons. The van der Waals surface area contributed by atoms with E-state index >= 15 is 0 Å². The molecular weight excluding hydrogens is 276 g/mol. The van der Waals surface area contributed by atoms with Crippen LogP contribution in [-0.4, -0.2) is 36.6 Å². The molecule has 2 aromatic rings. The lowest BCUT2D eigenvalue weighted by atomic mass is 10.1. The molecule has 0 aromatic carbocycles. The van der Waals surface area contributed by atoms with E-state index in [-0.39, 0.29) is 5.75 Å². The molecule has 0 aliphatic heterocycles. The molecule has 7 heteroatoms. The van der Waals surface area contributed by atoms with E-state index < -0.39 is 5.97 Å². The lowest BCUT2D eigenvalue weighted by Crippen LogP contribution is -2.08. The van der Waals surface area contributed by atoms with Gasteiger partial charge in [-0.25, -0.2) is 0 Å². The first-order valence-corrected chi connectivity index (χ1v) is 7.26. The average molecular weight is 292 g/mol. The van der Waals surface area contributed by atoms with Gasteiger partial charge in [0.25, 0.3) is 0 Å². The molecule has 0 unspecified atom stereocenters. The molecule has 20 heavy (non-hydrogen) atoms. The molecule has 0 fully saturated rings. The quantitative estimate of drug-likeness (QED) is 0.817. The van der Waals surface area contributed by atoms with E-state index in [4.69, 9.17) is 5.11 Å². The van der Waals surface area contributed by atoms with E-state index in [1.807, 2.05) is 30.7 Å². The summed E-state index contributed by atoms with van der Waals surface area (Å²) < 4.78 is 1.96. The molecule has 106 valence electrons. The van der Waals surface area contributed by atoms with Crippen molar-refractivity contribution in [1.29, 1.82) is 0 Å². The van der Waals surface area contributed by atoms with E-state index in [1.54, 1.807) is 6.20 Å². The van der Waals surface area contributed by atoms with Crippen molar-refractivity contribution in [3.8, 4) is 0 Å². The van der Waals surface area contributed by atoms with Crippen LogP contribution in [0, 0.1) is 6.92 Å². The van der Waals surface area contributed by atoms with Crippen LogP contribution in [0.5, 0.6) is 0 Å². The van der Waals surface area contributed by atoms with Crippen molar-refractivity contribution in [2.45, 2.75) is 32.0 Å². The lowest BCUT2D eigenvalue weighted by molar-refractivity contribution is -0.133. The topological polar surface area (TPSA) is 80.9 Å². The Hall–Kier alpha value is -1.89. The molecule has 2 rings (SSSR count). The molecule has 0 spiro atoms. The van der Waals surface area contributed by atoms with Crippen LogP contribution in [0.1, 0.15) is 23.9 Å². The fraction of sp³-hybridized carbons (Fsp3) is 0.385. The Morgan fingerprint density at radius 1 is 1.45 bits per heavy atom. The van der Waals surface area contributed by atoms with Crippen molar-refractivity contribution in [2.24, 2.45) is 0 Å². The maximum absolute atomic E-state index is 10.7. The number of nitrogens with zero attached hydrogens (tertiary/aromatic N) is 4. The second-order valence-corrected chi connectivity index (χ2v) is 5.27. The number of carboxylic acids is 1. The van der Waals surface area contributed by atoms with Gasteiger partial charge in [-0.3, -0.25) is 9.78 Å². The number of carboxylic acid groups (broad SMARTS) is 1. The van der Waals surface area contributed by atoms with Gasteiger partial charge in [0, 0.05) is 18.8 Å². The summed E-state index contributed by atoms with van der Waals surface area (Å²) in [5.74, 6) is -0.0327. The minimum atomic E-state index is -0.861. The summed E-state index contributed by atoms with van der Waals surface area (Å²) in [7, 11) is 0. The zero-order valence-corrected chi connectivity index (χ0v) is 12.2. The second-order valence-electron chi connectivity index (χ2n) is 4.32. The summed E-state index contributed by atoms with van der Waals surface area (Å²) in [6.45, 7) is 4.64. The predicted molar refractivity (Wildman–Crippen MR) is 75.8 cm³/mol. The molecule has 0 aliphatic rings.